The summed E-state index contributed by atoms with van der Waals surface area (Å²) in [5.41, 5.74) is 0. The number of allylic oxidation sites excluding steroid dienone is 2. The molecule has 2 heterocycles. The number of piperidine rings is 1. The number of aliphatic hydroxyl groups excluding tert-OH is 1. The summed E-state index contributed by atoms with van der Waals surface area (Å²) in [5.74, 6) is 2.76. The van der Waals surface area contributed by atoms with Crippen LogP contribution in [-0.4, -0.2) is 84.8 Å². The summed E-state index contributed by atoms with van der Waals surface area (Å²) in [5, 5.41) is 9.05. The number of hydrogen-bond acceptors (Lipinski definition) is 4. The van der Waals surface area contributed by atoms with Crippen molar-refractivity contribution in [1.82, 2.24) is 14.7 Å². The maximum atomic E-state index is 9.05. The molecule has 0 unspecified atom stereocenters. The van der Waals surface area contributed by atoms with Gasteiger partial charge in [-0.1, -0.05) is 12.2 Å². The first kappa shape index (κ1) is 16.1. The highest BCUT2D eigenvalue weighted by molar-refractivity contribution is 5.10. The number of fused-ring (bicyclic) bond motifs is 2. The van der Waals surface area contributed by atoms with Crippen LogP contribution in [0.3, 0.4) is 0 Å². The summed E-state index contributed by atoms with van der Waals surface area (Å²) in [7, 11) is 0. The molecule has 3 fully saturated rings. The number of piperazine rings is 1. The molecule has 2 saturated heterocycles. The van der Waals surface area contributed by atoms with Gasteiger partial charge in [0.05, 0.1) is 6.61 Å². The van der Waals surface area contributed by atoms with Gasteiger partial charge >= 0.3 is 0 Å². The fraction of sp³-hybridized carbons (Fsp3) is 0.895. The minimum Gasteiger partial charge on any atom is -0.395 e. The third kappa shape index (κ3) is 3.65. The van der Waals surface area contributed by atoms with Crippen molar-refractivity contribution in [3.63, 3.8) is 0 Å². The Morgan fingerprint density at radius 3 is 2.26 bits per heavy atom. The van der Waals surface area contributed by atoms with Crippen molar-refractivity contribution in [1.29, 1.82) is 0 Å². The molecule has 1 saturated carbocycles. The number of aliphatic hydroxyl groups is 1. The van der Waals surface area contributed by atoms with Gasteiger partial charge < -0.3 is 10.0 Å². The van der Waals surface area contributed by atoms with Crippen molar-refractivity contribution < 1.29 is 5.11 Å². The van der Waals surface area contributed by atoms with Gasteiger partial charge in [-0.25, -0.2) is 0 Å². The van der Waals surface area contributed by atoms with E-state index in [9.17, 15) is 0 Å². The molecule has 4 aliphatic rings. The van der Waals surface area contributed by atoms with E-state index in [2.05, 4.69) is 26.9 Å². The van der Waals surface area contributed by atoms with E-state index in [-0.39, 0.29) is 0 Å². The van der Waals surface area contributed by atoms with Crippen LogP contribution in [0.5, 0.6) is 0 Å². The summed E-state index contributed by atoms with van der Waals surface area (Å²) in [6.07, 6.45) is 10.6. The molecule has 4 heteroatoms. The monoisotopic (exact) mass is 319 g/mol. The Morgan fingerprint density at radius 2 is 1.65 bits per heavy atom. The maximum Gasteiger partial charge on any atom is 0.0558 e. The van der Waals surface area contributed by atoms with Crippen molar-refractivity contribution in [3.8, 4) is 0 Å². The van der Waals surface area contributed by atoms with E-state index in [0.717, 1.165) is 43.4 Å². The summed E-state index contributed by atoms with van der Waals surface area (Å²) in [6, 6.07) is 0.808. The summed E-state index contributed by atoms with van der Waals surface area (Å²) in [6.45, 7) is 9.78. The Bertz CT molecular complexity index is 411. The topological polar surface area (TPSA) is 30.0 Å². The van der Waals surface area contributed by atoms with Gasteiger partial charge in [0.2, 0.25) is 0 Å². The average Bonchev–Trinajstić information content (AvgIpc) is 3.20. The van der Waals surface area contributed by atoms with Crippen molar-refractivity contribution in [2.24, 2.45) is 17.8 Å². The summed E-state index contributed by atoms with van der Waals surface area (Å²) < 4.78 is 0. The molecule has 130 valence electrons. The Balaban J connectivity index is 1.19. The van der Waals surface area contributed by atoms with E-state index < -0.39 is 0 Å². The number of β-amino-alcohol motifs (C(OH)–C–C–N with tert-alkyl or cyclic N) is 1. The maximum absolute atomic E-state index is 9.05. The van der Waals surface area contributed by atoms with Crippen LogP contribution in [0.4, 0.5) is 0 Å². The number of rotatable bonds is 5. The number of nitrogens with zero attached hydrogens (tertiary/aromatic N) is 3. The largest absolute Gasteiger partial charge is 0.395 e. The molecule has 0 aromatic carbocycles. The second-order valence-corrected chi connectivity index (χ2v) is 8.17. The highest BCUT2D eigenvalue weighted by Crippen LogP contribution is 2.43. The van der Waals surface area contributed by atoms with Crippen LogP contribution >= 0.6 is 0 Å². The van der Waals surface area contributed by atoms with Crippen LogP contribution in [0, 0.1) is 17.8 Å². The zero-order valence-electron chi connectivity index (χ0n) is 14.4. The Hall–Kier alpha value is -0.420. The van der Waals surface area contributed by atoms with Crippen molar-refractivity contribution in [2.45, 2.75) is 31.7 Å². The van der Waals surface area contributed by atoms with E-state index in [0.29, 0.717) is 6.61 Å². The first-order valence-corrected chi connectivity index (χ1v) is 9.80. The predicted molar refractivity (Wildman–Crippen MR) is 93.4 cm³/mol. The molecule has 23 heavy (non-hydrogen) atoms. The Labute approximate surface area is 141 Å². The highest BCUT2D eigenvalue weighted by atomic mass is 16.3. The van der Waals surface area contributed by atoms with E-state index in [1.807, 2.05) is 0 Å². The second-order valence-electron chi connectivity index (χ2n) is 8.17. The van der Waals surface area contributed by atoms with Crippen molar-refractivity contribution >= 4 is 0 Å². The molecule has 0 aromatic heterocycles. The van der Waals surface area contributed by atoms with E-state index in [4.69, 9.17) is 5.11 Å². The molecular formula is C19H33N3O. The SMILES string of the molecule is OCCN1CCN(C2CCN(C[C@@H]3C[C@@H]4C=C[C@H]3C4)CC2)CC1. The smallest absolute Gasteiger partial charge is 0.0558 e. The lowest BCUT2D eigenvalue weighted by Gasteiger charge is -2.43. The normalized spacial score (nSPS) is 37.0. The molecule has 0 spiro atoms. The van der Waals surface area contributed by atoms with Crippen LogP contribution in [0.1, 0.15) is 25.7 Å². The fourth-order valence-electron chi connectivity index (χ4n) is 5.40. The molecule has 2 aliphatic heterocycles. The standard InChI is InChI=1S/C19H33N3O/c23-12-11-20-7-9-22(10-8-20)19-3-5-21(6-4-19)15-18-14-16-1-2-17(18)13-16/h1-2,16-19,23H,3-15H2/t16-,17+,18+/m1/s1. The third-order valence-electron chi connectivity index (χ3n) is 6.81. The third-order valence-corrected chi connectivity index (χ3v) is 6.81. The molecule has 0 radical (unpaired) electrons. The molecular weight excluding hydrogens is 286 g/mol. The van der Waals surface area contributed by atoms with Gasteiger partial charge in [-0.05, 0) is 56.5 Å². The molecule has 2 bridgehead atoms. The van der Waals surface area contributed by atoms with Crippen molar-refractivity contribution in [2.75, 3.05) is 59.0 Å². The van der Waals surface area contributed by atoms with Crippen LogP contribution in [-0.2, 0) is 0 Å². The van der Waals surface area contributed by atoms with Crippen LogP contribution in [0.2, 0.25) is 0 Å². The molecule has 1 N–H and O–H groups in total. The highest BCUT2D eigenvalue weighted by Gasteiger charge is 2.37. The average molecular weight is 319 g/mol. The van der Waals surface area contributed by atoms with Crippen molar-refractivity contribution in [3.05, 3.63) is 12.2 Å². The molecule has 3 atom stereocenters. The molecule has 4 rings (SSSR count). The summed E-state index contributed by atoms with van der Waals surface area (Å²) in [4.78, 5) is 7.86. The minimum absolute atomic E-state index is 0.302. The Morgan fingerprint density at radius 1 is 0.870 bits per heavy atom. The van der Waals surface area contributed by atoms with Gasteiger partial charge in [0.15, 0.2) is 0 Å². The molecule has 4 nitrogen and oxygen atoms in total. The second kappa shape index (κ2) is 7.22. The summed E-state index contributed by atoms with van der Waals surface area (Å²) >= 11 is 0. The quantitative estimate of drug-likeness (QED) is 0.773. The van der Waals surface area contributed by atoms with Gasteiger partial charge in [0, 0.05) is 45.3 Å². The molecule has 0 amide bonds. The number of likely N-dealkylation sites (tertiary alicyclic amines) is 1. The zero-order chi connectivity index (χ0) is 15.6. The fourth-order valence-corrected chi connectivity index (χ4v) is 5.40. The number of hydrogen-bond donors (Lipinski definition) is 1. The zero-order valence-corrected chi connectivity index (χ0v) is 14.4. The van der Waals surface area contributed by atoms with E-state index >= 15 is 0 Å². The van der Waals surface area contributed by atoms with E-state index in [1.165, 1.54) is 58.4 Å². The Kier molecular flexibility index (Phi) is 5.04. The van der Waals surface area contributed by atoms with Gasteiger partial charge in [-0.15, -0.1) is 0 Å². The lowest BCUT2D eigenvalue weighted by molar-refractivity contribution is 0.0490. The van der Waals surface area contributed by atoms with Crippen LogP contribution < -0.4 is 0 Å². The first-order chi connectivity index (χ1) is 11.3. The van der Waals surface area contributed by atoms with Crippen LogP contribution in [0.25, 0.3) is 0 Å². The van der Waals surface area contributed by atoms with Gasteiger partial charge in [-0.3, -0.25) is 9.80 Å². The minimum atomic E-state index is 0.302. The van der Waals surface area contributed by atoms with Crippen LogP contribution in [0.15, 0.2) is 12.2 Å². The van der Waals surface area contributed by atoms with Gasteiger partial charge in [0.1, 0.15) is 0 Å². The lowest BCUT2D eigenvalue weighted by Crippen LogP contribution is -2.53. The first-order valence-electron chi connectivity index (χ1n) is 9.80. The van der Waals surface area contributed by atoms with Gasteiger partial charge in [-0.2, -0.15) is 0 Å². The van der Waals surface area contributed by atoms with Gasteiger partial charge in [0.25, 0.3) is 0 Å². The predicted octanol–water partition coefficient (Wildman–Crippen LogP) is 1.27. The van der Waals surface area contributed by atoms with E-state index in [1.54, 1.807) is 0 Å². The molecule has 0 aromatic rings. The lowest BCUT2D eigenvalue weighted by atomic mass is 9.92. The molecule has 2 aliphatic carbocycles.